The van der Waals surface area contributed by atoms with Crippen molar-refractivity contribution in [3.63, 3.8) is 0 Å². The maximum atomic E-state index is 13.5. The van der Waals surface area contributed by atoms with Gasteiger partial charge in [0.15, 0.2) is 0 Å². The number of thiophene rings is 1. The van der Waals surface area contributed by atoms with Crippen molar-refractivity contribution in [3.05, 3.63) is 45.9 Å². The predicted octanol–water partition coefficient (Wildman–Crippen LogP) is 2.85. The molecule has 20 heavy (non-hydrogen) atoms. The minimum atomic E-state index is -1.44. The van der Waals surface area contributed by atoms with Gasteiger partial charge in [0.25, 0.3) is 5.91 Å². The number of methoxy groups -OCH3 is 1. The molecule has 1 amide bonds. The van der Waals surface area contributed by atoms with Crippen LogP contribution in [0.3, 0.4) is 0 Å². The van der Waals surface area contributed by atoms with E-state index in [1.165, 1.54) is 25.3 Å². The normalized spacial score (nSPS) is 10.1. The Kier molecular flexibility index (Phi) is 3.99. The minimum Gasteiger partial charge on any atom is -0.496 e. The maximum absolute atomic E-state index is 13.5. The van der Waals surface area contributed by atoms with Crippen LogP contribution in [0.25, 0.3) is 0 Å². The summed E-state index contributed by atoms with van der Waals surface area (Å²) in [7, 11) is 1.47. The number of benzene rings is 1. The van der Waals surface area contributed by atoms with E-state index in [1.807, 2.05) is 0 Å². The molecule has 0 fully saturated rings. The largest absolute Gasteiger partial charge is 0.496 e. The third-order valence-electron chi connectivity index (χ3n) is 2.51. The summed E-state index contributed by atoms with van der Waals surface area (Å²) < 4.78 is 18.4. The number of amides is 1. The number of halogens is 1. The molecule has 0 bridgehead atoms. The minimum absolute atomic E-state index is 0.0881. The SMILES string of the molecule is COc1csc(C(=O)Nc2cccc(F)c2C(=O)O)c1. The Labute approximate surface area is 117 Å². The molecule has 0 unspecified atom stereocenters. The van der Waals surface area contributed by atoms with Crippen LogP contribution in [0.1, 0.15) is 20.0 Å². The van der Waals surface area contributed by atoms with Crippen LogP contribution >= 0.6 is 11.3 Å². The van der Waals surface area contributed by atoms with Crippen molar-refractivity contribution in [1.29, 1.82) is 0 Å². The summed E-state index contributed by atoms with van der Waals surface area (Å²) in [4.78, 5) is 23.3. The molecule has 7 heteroatoms. The number of carbonyl (C=O) groups excluding carboxylic acids is 1. The number of anilines is 1. The van der Waals surface area contributed by atoms with Gasteiger partial charge in [-0.3, -0.25) is 4.79 Å². The Balaban J connectivity index is 2.28. The van der Waals surface area contributed by atoms with Crippen molar-refractivity contribution in [2.45, 2.75) is 0 Å². The highest BCUT2D eigenvalue weighted by atomic mass is 32.1. The van der Waals surface area contributed by atoms with Gasteiger partial charge in [0.2, 0.25) is 0 Å². The Morgan fingerprint density at radius 2 is 2.15 bits per heavy atom. The van der Waals surface area contributed by atoms with Gasteiger partial charge in [-0.05, 0) is 12.1 Å². The molecule has 1 heterocycles. The zero-order valence-electron chi connectivity index (χ0n) is 10.3. The molecule has 0 aliphatic rings. The summed E-state index contributed by atoms with van der Waals surface area (Å²) in [5.74, 6) is -2.34. The molecule has 0 saturated carbocycles. The van der Waals surface area contributed by atoms with E-state index in [0.717, 1.165) is 17.4 Å². The van der Waals surface area contributed by atoms with E-state index in [-0.39, 0.29) is 5.69 Å². The lowest BCUT2D eigenvalue weighted by Crippen LogP contribution is -2.14. The first-order valence-electron chi connectivity index (χ1n) is 5.48. The molecule has 0 atom stereocenters. The number of rotatable bonds is 4. The molecular formula is C13H10FNO4S. The quantitative estimate of drug-likeness (QED) is 0.909. The average Bonchev–Trinajstić information content (AvgIpc) is 2.87. The lowest BCUT2D eigenvalue weighted by Gasteiger charge is -2.07. The van der Waals surface area contributed by atoms with Crippen molar-refractivity contribution in [1.82, 2.24) is 0 Å². The fourth-order valence-corrected chi connectivity index (χ4v) is 2.32. The highest BCUT2D eigenvalue weighted by Gasteiger charge is 2.18. The number of nitrogens with one attached hydrogen (secondary N) is 1. The fourth-order valence-electron chi connectivity index (χ4n) is 1.57. The van der Waals surface area contributed by atoms with Crippen LogP contribution in [0.4, 0.5) is 10.1 Å². The van der Waals surface area contributed by atoms with E-state index in [2.05, 4.69) is 5.32 Å². The highest BCUT2D eigenvalue weighted by molar-refractivity contribution is 7.12. The average molecular weight is 295 g/mol. The van der Waals surface area contributed by atoms with Gasteiger partial charge < -0.3 is 15.2 Å². The molecule has 104 valence electrons. The van der Waals surface area contributed by atoms with E-state index in [1.54, 1.807) is 5.38 Å². The van der Waals surface area contributed by atoms with E-state index in [9.17, 15) is 14.0 Å². The number of carbonyl (C=O) groups is 2. The molecule has 2 rings (SSSR count). The summed E-state index contributed by atoms with van der Waals surface area (Å²) in [6.07, 6.45) is 0. The van der Waals surface area contributed by atoms with Crippen molar-refractivity contribution >= 4 is 28.9 Å². The summed E-state index contributed by atoms with van der Waals surface area (Å²) in [5, 5.41) is 13.0. The summed E-state index contributed by atoms with van der Waals surface area (Å²) in [6.45, 7) is 0. The molecular weight excluding hydrogens is 285 g/mol. The zero-order valence-corrected chi connectivity index (χ0v) is 11.2. The predicted molar refractivity (Wildman–Crippen MR) is 72.2 cm³/mol. The summed E-state index contributed by atoms with van der Waals surface area (Å²) in [5.41, 5.74) is -0.653. The van der Waals surface area contributed by atoms with Crippen LogP contribution in [0.15, 0.2) is 29.6 Å². The van der Waals surface area contributed by atoms with Crippen LogP contribution in [0, 0.1) is 5.82 Å². The van der Waals surface area contributed by atoms with Crippen LogP contribution in [-0.4, -0.2) is 24.1 Å². The van der Waals surface area contributed by atoms with E-state index < -0.39 is 23.3 Å². The van der Waals surface area contributed by atoms with Gasteiger partial charge in [0.05, 0.1) is 17.7 Å². The zero-order chi connectivity index (χ0) is 14.7. The lowest BCUT2D eigenvalue weighted by molar-refractivity contribution is 0.0693. The number of ether oxygens (including phenoxy) is 1. The molecule has 1 aromatic carbocycles. The molecule has 5 nitrogen and oxygen atoms in total. The highest BCUT2D eigenvalue weighted by Crippen LogP contribution is 2.24. The molecule has 0 spiro atoms. The number of aromatic carboxylic acids is 1. The summed E-state index contributed by atoms with van der Waals surface area (Å²) in [6, 6.07) is 5.19. The number of hydrogen-bond donors (Lipinski definition) is 2. The van der Waals surface area contributed by atoms with Gasteiger partial charge in [0, 0.05) is 11.4 Å². The van der Waals surface area contributed by atoms with Gasteiger partial charge in [0.1, 0.15) is 17.1 Å². The molecule has 2 aromatic rings. The number of carboxylic acid groups (broad SMARTS) is 1. The van der Waals surface area contributed by atoms with Gasteiger partial charge in [-0.2, -0.15) is 0 Å². The van der Waals surface area contributed by atoms with Crippen LogP contribution < -0.4 is 10.1 Å². The second-order valence-electron chi connectivity index (χ2n) is 3.77. The molecule has 0 aliphatic heterocycles. The van der Waals surface area contributed by atoms with Crippen molar-refractivity contribution in [3.8, 4) is 5.75 Å². The van der Waals surface area contributed by atoms with E-state index >= 15 is 0 Å². The van der Waals surface area contributed by atoms with Crippen LogP contribution in [0.2, 0.25) is 0 Å². The first-order chi connectivity index (χ1) is 9.52. The first kappa shape index (κ1) is 14.0. The Bertz CT molecular complexity index is 668. The topological polar surface area (TPSA) is 75.6 Å². The monoisotopic (exact) mass is 295 g/mol. The number of hydrogen-bond acceptors (Lipinski definition) is 4. The van der Waals surface area contributed by atoms with Gasteiger partial charge >= 0.3 is 5.97 Å². The van der Waals surface area contributed by atoms with Gasteiger partial charge in [-0.25, -0.2) is 9.18 Å². The maximum Gasteiger partial charge on any atom is 0.340 e. The Hall–Kier alpha value is -2.41. The van der Waals surface area contributed by atoms with Gasteiger partial charge in [-0.15, -0.1) is 11.3 Å². The molecule has 0 radical (unpaired) electrons. The van der Waals surface area contributed by atoms with E-state index in [0.29, 0.717) is 10.6 Å². The Morgan fingerprint density at radius 3 is 2.75 bits per heavy atom. The molecule has 0 saturated heterocycles. The lowest BCUT2D eigenvalue weighted by atomic mass is 10.1. The number of carboxylic acids is 1. The Morgan fingerprint density at radius 1 is 1.40 bits per heavy atom. The van der Waals surface area contributed by atoms with Gasteiger partial charge in [-0.1, -0.05) is 6.07 Å². The summed E-state index contributed by atoms with van der Waals surface area (Å²) >= 11 is 1.14. The van der Waals surface area contributed by atoms with Crippen molar-refractivity contribution < 1.29 is 23.8 Å². The molecule has 0 aliphatic carbocycles. The van der Waals surface area contributed by atoms with Crippen molar-refractivity contribution in [2.75, 3.05) is 12.4 Å². The smallest absolute Gasteiger partial charge is 0.340 e. The third-order valence-corrected chi connectivity index (χ3v) is 3.42. The van der Waals surface area contributed by atoms with Crippen LogP contribution in [0.5, 0.6) is 5.75 Å². The third kappa shape index (κ3) is 2.77. The molecule has 2 N–H and O–H groups in total. The van der Waals surface area contributed by atoms with Crippen molar-refractivity contribution in [2.24, 2.45) is 0 Å². The first-order valence-corrected chi connectivity index (χ1v) is 6.36. The standard InChI is InChI=1S/C13H10FNO4S/c1-19-7-5-10(20-6-7)12(16)15-9-4-2-3-8(14)11(9)13(17)18/h2-6H,1H3,(H,15,16)(H,17,18). The van der Waals surface area contributed by atoms with Crippen LogP contribution in [-0.2, 0) is 0 Å². The second-order valence-corrected chi connectivity index (χ2v) is 4.68. The fraction of sp³-hybridized carbons (Fsp3) is 0.0769. The molecule has 1 aromatic heterocycles. The second kappa shape index (κ2) is 5.70. The van der Waals surface area contributed by atoms with E-state index in [4.69, 9.17) is 9.84 Å².